The first-order valence-electron chi connectivity index (χ1n) is 7.37. The molecule has 1 aromatic rings. The molecule has 1 fully saturated rings. The summed E-state index contributed by atoms with van der Waals surface area (Å²) in [6, 6.07) is 8.47. The molecule has 1 amide bonds. The van der Waals surface area contributed by atoms with Crippen LogP contribution in [0.3, 0.4) is 0 Å². The molecule has 110 valence electrons. The molecule has 0 aliphatic carbocycles. The van der Waals surface area contributed by atoms with Gasteiger partial charge in [-0.1, -0.05) is 12.1 Å². The van der Waals surface area contributed by atoms with Crippen LogP contribution >= 0.6 is 0 Å². The van der Waals surface area contributed by atoms with Crippen LogP contribution in [0, 0.1) is 6.92 Å². The Hall–Kier alpha value is -1.55. The Kier molecular flexibility index (Phi) is 5.41. The van der Waals surface area contributed by atoms with Crippen LogP contribution in [0.15, 0.2) is 24.3 Å². The molecule has 1 saturated heterocycles. The number of carbonyl (C=O) groups excluding carboxylic acids is 1. The van der Waals surface area contributed by atoms with Gasteiger partial charge in [-0.25, -0.2) is 0 Å². The van der Waals surface area contributed by atoms with E-state index in [4.69, 9.17) is 4.74 Å². The second kappa shape index (κ2) is 7.29. The normalized spacial score (nSPS) is 22.3. The van der Waals surface area contributed by atoms with Gasteiger partial charge in [0, 0.05) is 12.1 Å². The van der Waals surface area contributed by atoms with Crippen LogP contribution in [0.2, 0.25) is 0 Å². The first-order chi connectivity index (χ1) is 9.65. The van der Waals surface area contributed by atoms with Crippen molar-refractivity contribution in [1.82, 2.24) is 10.6 Å². The molecular weight excluding hydrogens is 252 g/mol. The highest BCUT2D eigenvalue weighted by atomic mass is 16.5. The summed E-state index contributed by atoms with van der Waals surface area (Å²) in [4.78, 5) is 11.9. The molecule has 4 heteroatoms. The van der Waals surface area contributed by atoms with Crippen LogP contribution in [0.4, 0.5) is 0 Å². The number of amides is 1. The average molecular weight is 276 g/mol. The topological polar surface area (TPSA) is 50.4 Å². The molecule has 0 bridgehead atoms. The molecule has 2 unspecified atom stereocenters. The summed E-state index contributed by atoms with van der Waals surface area (Å²) in [7, 11) is 0. The second-order valence-electron chi connectivity index (χ2n) is 5.47. The maximum atomic E-state index is 11.9. The number of carbonyl (C=O) groups is 1. The SMILES string of the molecule is Cc1cccc(OCCC(=O)NC2CCCNC2C)c1. The van der Waals surface area contributed by atoms with Crippen molar-refractivity contribution in [3.05, 3.63) is 29.8 Å². The first kappa shape index (κ1) is 14.9. The number of hydrogen-bond acceptors (Lipinski definition) is 3. The van der Waals surface area contributed by atoms with Crippen molar-refractivity contribution in [2.45, 2.75) is 45.2 Å². The van der Waals surface area contributed by atoms with Crippen molar-refractivity contribution < 1.29 is 9.53 Å². The zero-order chi connectivity index (χ0) is 14.4. The van der Waals surface area contributed by atoms with Crippen LogP contribution < -0.4 is 15.4 Å². The summed E-state index contributed by atoms with van der Waals surface area (Å²) in [6.45, 7) is 5.61. The van der Waals surface area contributed by atoms with Gasteiger partial charge in [-0.3, -0.25) is 4.79 Å². The molecule has 0 radical (unpaired) electrons. The Morgan fingerprint density at radius 1 is 1.50 bits per heavy atom. The number of ether oxygens (including phenoxy) is 1. The van der Waals surface area contributed by atoms with E-state index in [2.05, 4.69) is 17.6 Å². The minimum atomic E-state index is 0.0678. The van der Waals surface area contributed by atoms with Crippen molar-refractivity contribution in [2.24, 2.45) is 0 Å². The van der Waals surface area contributed by atoms with E-state index in [1.54, 1.807) is 0 Å². The summed E-state index contributed by atoms with van der Waals surface area (Å²) in [5.41, 5.74) is 1.16. The van der Waals surface area contributed by atoms with E-state index in [0.29, 0.717) is 19.1 Å². The van der Waals surface area contributed by atoms with Gasteiger partial charge >= 0.3 is 0 Å². The predicted molar refractivity (Wildman–Crippen MR) is 79.9 cm³/mol. The van der Waals surface area contributed by atoms with Crippen molar-refractivity contribution >= 4 is 5.91 Å². The summed E-state index contributed by atoms with van der Waals surface area (Å²) in [6.07, 6.45) is 2.57. The van der Waals surface area contributed by atoms with Gasteiger partial charge in [-0.2, -0.15) is 0 Å². The highest BCUT2D eigenvalue weighted by Gasteiger charge is 2.21. The van der Waals surface area contributed by atoms with Crippen LogP contribution in [0.1, 0.15) is 31.7 Å². The van der Waals surface area contributed by atoms with E-state index in [1.165, 1.54) is 0 Å². The van der Waals surface area contributed by atoms with E-state index >= 15 is 0 Å². The molecule has 0 spiro atoms. The highest BCUT2D eigenvalue weighted by molar-refractivity contribution is 5.76. The lowest BCUT2D eigenvalue weighted by molar-refractivity contribution is -0.122. The van der Waals surface area contributed by atoms with Gasteiger partial charge in [0.25, 0.3) is 0 Å². The number of nitrogens with one attached hydrogen (secondary N) is 2. The lowest BCUT2D eigenvalue weighted by Crippen LogP contribution is -2.52. The van der Waals surface area contributed by atoms with Crippen LogP contribution in [-0.2, 0) is 4.79 Å². The Morgan fingerprint density at radius 3 is 3.10 bits per heavy atom. The minimum absolute atomic E-state index is 0.0678. The van der Waals surface area contributed by atoms with Gasteiger partial charge < -0.3 is 15.4 Å². The first-order valence-corrected chi connectivity index (χ1v) is 7.37. The van der Waals surface area contributed by atoms with Gasteiger partial charge in [0.15, 0.2) is 0 Å². The third-order valence-corrected chi connectivity index (χ3v) is 3.70. The molecule has 2 N–H and O–H groups in total. The predicted octanol–water partition coefficient (Wildman–Crippen LogP) is 2.02. The van der Waals surface area contributed by atoms with E-state index in [0.717, 1.165) is 30.7 Å². The summed E-state index contributed by atoms with van der Waals surface area (Å²) >= 11 is 0. The smallest absolute Gasteiger partial charge is 0.223 e. The third kappa shape index (κ3) is 4.53. The summed E-state index contributed by atoms with van der Waals surface area (Å²) in [5.74, 6) is 0.892. The van der Waals surface area contributed by atoms with Gasteiger partial charge in [0.2, 0.25) is 5.91 Å². The maximum absolute atomic E-state index is 11.9. The molecule has 1 aliphatic rings. The van der Waals surface area contributed by atoms with E-state index in [-0.39, 0.29) is 11.9 Å². The molecule has 2 rings (SSSR count). The van der Waals surface area contributed by atoms with E-state index in [1.807, 2.05) is 31.2 Å². The lowest BCUT2D eigenvalue weighted by atomic mass is 10.00. The molecule has 1 aliphatic heterocycles. The summed E-state index contributed by atoms with van der Waals surface area (Å²) in [5, 5.41) is 6.46. The largest absolute Gasteiger partial charge is 0.493 e. The van der Waals surface area contributed by atoms with Crippen LogP contribution in [0.25, 0.3) is 0 Å². The van der Waals surface area contributed by atoms with Crippen molar-refractivity contribution in [3.63, 3.8) is 0 Å². The monoisotopic (exact) mass is 276 g/mol. The number of rotatable bonds is 5. The maximum Gasteiger partial charge on any atom is 0.223 e. The number of hydrogen-bond donors (Lipinski definition) is 2. The fourth-order valence-electron chi connectivity index (χ4n) is 2.49. The molecule has 0 saturated carbocycles. The van der Waals surface area contributed by atoms with Crippen molar-refractivity contribution in [3.8, 4) is 5.75 Å². The molecule has 0 aromatic heterocycles. The van der Waals surface area contributed by atoms with Gasteiger partial charge in [0.05, 0.1) is 13.0 Å². The number of benzene rings is 1. The zero-order valence-corrected chi connectivity index (χ0v) is 12.3. The lowest BCUT2D eigenvalue weighted by Gasteiger charge is -2.30. The van der Waals surface area contributed by atoms with Crippen LogP contribution in [0.5, 0.6) is 5.75 Å². The minimum Gasteiger partial charge on any atom is -0.493 e. The van der Waals surface area contributed by atoms with Gasteiger partial charge in [-0.05, 0) is 50.9 Å². The van der Waals surface area contributed by atoms with Gasteiger partial charge in [-0.15, -0.1) is 0 Å². The number of aryl methyl sites for hydroxylation is 1. The fourth-order valence-corrected chi connectivity index (χ4v) is 2.49. The van der Waals surface area contributed by atoms with E-state index in [9.17, 15) is 4.79 Å². The summed E-state index contributed by atoms with van der Waals surface area (Å²) < 4.78 is 5.60. The molecule has 20 heavy (non-hydrogen) atoms. The molecule has 1 aromatic carbocycles. The van der Waals surface area contributed by atoms with Crippen molar-refractivity contribution in [1.29, 1.82) is 0 Å². The molecule has 2 atom stereocenters. The standard InChI is InChI=1S/C16H24N2O2/c1-12-5-3-6-14(11-12)20-10-8-16(19)18-15-7-4-9-17-13(15)2/h3,5-6,11,13,15,17H,4,7-10H2,1-2H3,(H,18,19). The Morgan fingerprint density at radius 2 is 2.35 bits per heavy atom. The Balaban J connectivity index is 1.70. The molecule has 1 heterocycles. The quantitative estimate of drug-likeness (QED) is 0.865. The second-order valence-corrected chi connectivity index (χ2v) is 5.47. The van der Waals surface area contributed by atoms with E-state index < -0.39 is 0 Å². The fraction of sp³-hybridized carbons (Fsp3) is 0.562. The van der Waals surface area contributed by atoms with Gasteiger partial charge in [0.1, 0.15) is 5.75 Å². The Bertz CT molecular complexity index is 448. The highest BCUT2D eigenvalue weighted by Crippen LogP contribution is 2.12. The van der Waals surface area contributed by atoms with Crippen molar-refractivity contribution in [2.75, 3.05) is 13.2 Å². The zero-order valence-electron chi connectivity index (χ0n) is 12.3. The third-order valence-electron chi connectivity index (χ3n) is 3.70. The molecular formula is C16H24N2O2. The number of piperidine rings is 1. The van der Waals surface area contributed by atoms with Crippen LogP contribution in [-0.4, -0.2) is 31.1 Å². The average Bonchev–Trinajstić information content (AvgIpc) is 2.41. The molecule has 4 nitrogen and oxygen atoms in total. The Labute approximate surface area is 120 Å².